The summed E-state index contributed by atoms with van der Waals surface area (Å²) in [7, 11) is 0. The van der Waals surface area contributed by atoms with Crippen LogP contribution in [-0.2, 0) is 12.8 Å². The Morgan fingerprint density at radius 2 is 1.63 bits per heavy atom. The van der Waals surface area contributed by atoms with Crippen molar-refractivity contribution in [2.75, 3.05) is 10.6 Å². The summed E-state index contributed by atoms with van der Waals surface area (Å²) < 4.78 is 0. The zero-order valence-electron chi connectivity index (χ0n) is 15.8. The molecule has 0 spiro atoms. The normalized spacial score (nSPS) is 10.5. The average molecular weight is 361 g/mol. The van der Waals surface area contributed by atoms with Gasteiger partial charge in [-0.1, -0.05) is 32.0 Å². The van der Waals surface area contributed by atoms with Gasteiger partial charge in [0.05, 0.1) is 6.20 Å². The van der Waals surface area contributed by atoms with Crippen LogP contribution in [0, 0.1) is 0 Å². The third kappa shape index (κ3) is 4.47. The summed E-state index contributed by atoms with van der Waals surface area (Å²) in [6, 6.07) is 13.5. The number of nitrogens with zero attached hydrogens (tertiary/aromatic N) is 3. The third-order valence-corrected chi connectivity index (χ3v) is 4.36. The van der Waals surface area contributed by atoms with Crippen molar-refractivity contribution >= 4 is 28.9 Å². The van der Waals surface area contributed by atoms with Gasteiger partial charge >= 0.3 is 0 Å². The Labute approximate surface area is 159 Å². The van der Waals surface area contributed by atoms with Crippen molar-refractivity contribution in [1.82, 2.24) is 15.2 Å². The Balaban J connectivity index is 1.81. The molecule has 3 aromatic rings. The molecular weight excluding hydrogens is 338 g/mol. The summed E-state index contributed by atoms with van der Waals surface area (Å²) in [5, 5.41) is 14.6. The molecule has 0 aliphatic heterocycles. The molecule has 0 saturated heterocycles. The van der Waals surface area contributed by atoms with E-state index >= 15 is 0 Å². The Morgan fingerprint density at radius 3 is 2.22 bits per heavy atom. The van der Waals surface area contributed by atoms with Crippen LogP contribution in [-0.4, -0.2) is 21.0 Å². The third-order valence-electron chi connectivity index (χ3n) is 4.36. The van der Waals surface area contributed by atoms with Gasteiger partial charge in [0.15, 0.2) is 11.6 Å². The topological polar surface area (TPSA) is 79.8 Å². The van der Waals surface area contributed by atoms with Crippen LogP contribution >= 0.6 is 0 Å². The minimum atomic E-state index is 0.0342. The Morgan fingerprint density at radius 1 is 0.963 bits per heavy atom. The molecule has 138 valence electrons. The number of ketones is 1. The number of aromatic nitrogens is 3. The molecule has 0 saturated carbocycles. The van der Waals surface area contributed by atoms with E-state index in [-0.39, 0.29) is 5.78 Å². The predicted molar refractivity (Wildman–Crippen MR) is 108 cm³/mol. The fourth-order valence-electron chi connectivity index (χ4n) is 2.87. The second-order valence-electron chi connectivity index (χ2n) is 6.21. The van der Waals surface area contributed by atoms with Crippen molar-refractivity contribution in [3.05, 3.63) is 65.4 Å². The minimum absolute atomic E-state index is 0.0342. The van der Waals surface area contributed by atoms with Gasteiger partial charge in [-0.2, -0.15) is 10.1 Å². The number of aryl methyl sites for hydroxylation is 2. The quantitative estimate of drug-likeness (QED) is 0.595. The molecule has 0 unspecified atom stereocenters. The van der Waals surface area contributed by atoms with E-state index in [9.17, 15) is 4.79 Å². The molecule has 6 heteroatoms. The lowest BCUT2D eigenvalue weighted by molar-refractivity contribution is 0.101. The molecule has 0 radical (unpaired) electrons. The summed E-state index contributed by atoms with van der Waals surface area (Å²) in [6.45, 7) is 5.81. The first-order valence-electron chi connectivity index (χ1n) is 9.06. The van der Waals surface area contributed by atoms with Gasteiger partial charge in [-0.05, 0) is 55.2 Å². The number of carbonyl (C=O) groups is 1. The summed E-state index contributed by atoms with van der Waals surface area (Å²) >= 11 is 0. The van der Waals surface area contributed by atoms with Gasteiger partial charge < -0.3 is 10.6 Å². The molecular formula is C21H23N5O. The minimum Gasteiger partial charge on any atom is -0.338 e. The first-order valence-corrected chi connectivity index (χ1v) is 9.06. The van der Waals surface area contributed by atoms with E-state index in [0.717, 1.165) is 24.2 Å². The standard InChI is InChI=1S/C21H23N5O/c1-4-15-7-6-8-16(5-2)20(15)24-19-13-22-26-21(25-19)23-18-11-9-17(10-12-18)14(3)27/h6-13H,4-5H2,1-3H3,(H2,23,24,25,26). The van der Waals surface area contributed by atoms with Gasteiger partial charge in [0, 0.05) is 16.9 Å². The summed E-state index contributed by atoms with van der Waals surface area (Å²) in [6.07, 6.45) is 3.47. The number of rotatable bonds is 7. The van der Waals surface area contributed by atoms with Crippen LogP contribution in [0.5, 0.6) is 0 Å². The van der Waals surface area contributed by atoms with Crippen LogP contribution in [0.25, 0.3) is 0 Å². The highest BCUT2D eigenvalue weighted by Crippen LogP contribution is 2.26. The van der Waals surface area contributed by atoms with E-state index in [1.807, 2.05) is 12.1 Å². The highest BCUT2D eigenvalue weighted by molar-refractivity contribution is 5.94. The molecule has 0 fully saturated rings. The van der Waals surface area contributed by atoms with Gasteiger partial charge in [-0.3, -0.25) is 4.79 Å². The Kier molecular flexibility index (Phi) is 5.76. The first-order chi connectivity index (χ1) is 13.1. The molecule has 0 aliphatic rings. The maximum atomic E-state index is 11.4. The number of hydrogen-bond acceptors (Lipinski definition) is 6. The number of carbonyl (C=O) groups excluding carboxylic acids is 1. The predicted octanol–water partition coefficient (Wildman–Crippen LogP) is 4.69. The zero-order chi connectivity index (χ0) is 19.2. The Hall–Kier alpha value is -3.28. The number of benzene rings is 2. The number of anilines is 4. The second-order valence-corrected chi connectivity index (χ2v) is 6.21. The molecule has 3 rings (SSSR count). The van der Waals surface area contributed by atoms with Crippen LogP contribution < -0.4 is 10.6 Å². The van der Waals surface area contributed by atoms with E-state index in [4.69, 9.17) is 0 Å². The van der Waals surface area contributed by atoms with Gasteiger partial charge in [0.2, 0.25) is 5.95 Å². The number of hydrogen-bond donors (Lipinski definition) is 2. The number of nitrogens with one attached hydrogen (secondary N) is 2. The molecule has 27 heavy (non-hydrogen) atoms. The van der Waals surface area contributed by atoms with Crippen molar-refractivity contribution in [3.8, 4) is 0 Å². The molecule has 6 nitrogen and oxygen atoms in total. The fraction of sp³-hybridized carbons (Fsp3) is 0.238. The van der Waals surface area contributed by atoms with E-state index in [1.54, 1.807) is 25.3 Å². The van der Waals surface area contributed by atoms with E-state index in [2.05, 4.69) is 57.9 Å². The lowest BCUT2D eigenvalue weighted by Gasteiger charge is -2.15. The van der Waals surface area contributed by atoms with Crippen molar-refractivity contribution < 1.29 is 4.79 Å². The van der Waals surface area contributed by atoms with Crippen molar-refractivity contribution in [1.29, 1.82) is 0 Å². The maximum Gasteiger partial charge on any atom is 0.249 e. The van der Waals surface area contributed by atoms with Gasteiger partial charge in [0.25, 0.3) is 0 Å². The molecule has 1 heterocycles. The zero-order valence-corrected chi connectivity index (χ0v) is 15.8. The lowest BCUT2D eigenvalue weighted by Crippen LogP contribution is -2.05. The maximum absolute atomic E-state index is 11.4. The van der Waals surface area contributed by atoms with Gasteiger partial charge in [-0.15, -0.1) is 5.10 Å². The molecule has 0 amide bonds. The van der Waals surface area contributed by atoms with E-state index < -0.39 is 0 Å². The lowest BCUT2D eigenvalue weighted by atomic mass is 10.0. The summed E-state index contributed by atoms with van der Waals surface area (Å²) in [5.41, 5.74) is 5.02. The molecule has 2 aromatic carbocycles. The van der Waals surface area contributed by atoms with Crippen molar-refractivity contribution in [2.45, 2.75) is 33.6 Å². The van der Waals surface area contributed by atoms with Crippen molar-refractivity contribution in [3.63, 3.8) is 0 Å². The second kappa shape index (κ2) is 8.40. The number of Topliss-reactive ketones (excluding diaryl/α,β-unsaturated/α-hetero) is 1. The van der Waals surface area contributed by atoms with Gasteiger partial charge in [0.1, 0.15) is 0 Å². The molecule has 0 atom stereocenters. The highest BCUT2D eigenvalue weighted by atomic mass is 16.1. The van der Waals surface area contributed by atoms with E-state index in [0.29, 0.717) is 17.3 Å². The monoisotopic (exact) mass is 361 g/mol. The fourth-order valence-corrected chi connectivity index (χ4v) is 2.87. The van der Waals surface area contributed by atoms with Crippen LogP contribution in [0.3, 0.4) is 0 Å². The molecule has 0 aliphatic carbocycles. The van der Waals surface area contributed by atoms with Crippen LogP contribution in [0.2, 0.25) is 0 Å². The summed E-state index contributed by atoms with van der Waals surface area (Å²) in [5.74, 6) is 1.05. The Bertz CT molecular complexity index is 915. The molecule has 0 bridgehead atoms. The smallest absolute Gasteiger partial charge is 0.249 e. The van der Waals surface area contributed by atoms with Crippen LogP contribution in [0.1, 0.15) is 42.3 Å². The average Bonchev–Trinajstić information content (AvgIpc) is 2.69. The van der Waals surface area contributed by atoms with Crippen LogP contribution in [0.15, 0.2) is 48.7 Å². The molecule has 2 N–H and O–H groups in total. The van der Waals surface area contributed by atoms with E-state index in [1.165, 1.54) is 11.1 Å². The highest BCUT2D eigenvalue weighted by Gasteiger charge is 2.09. The largest absolute Gasteiger partial charge is 0.338 e. The SMILES string of the molecule is CCc1cccc(CC)c1Nc1cnnc(Nc2ccc(C(C)=O)cc2)n1. The van der Waals surface area contributed by atoms with Crippen LogP contribution in [0.4, 0.5) is 23.1 Å². The number of para-hydroxylation sites is 1. The van der Waals surface area contributed by atoms with Gasteiger partial charge in [-0.25, -0.2) is 0 Å². The molecule has 1 aromatic heterocycles. The summed E-state index contributed by atoms with van der Waals surface area (Å²) in [4.78, 5) is 15.9. The first kappa shape index (κ1) is 18.5. The van der Waals surface area contributed by atoms with Crippen molar-refractivity contribution in [2.24, 2.45) is 0 Å².